The number of ether oxygens (including phenoxy) is 2. The predicted octanol–water partition coefficient (Wildman–Crippen LogP) is 8.82. The summed E-state index contributed by atoms with van der Waals surface area (Å²) in [6.07, 6.45) is 16.6. The predicted molar refractivity (Wildman–Crippen MR) is 195 cm³/mol. The van der Waals surface area contributed by atoms with Crippen LogP contribution in [0.4, 0.5) is 0 Å². The van der Waals surface area contributed by atoms with Gasteiger partial charge in [0.25, 0.3) is 0 Å². The molecule has 0 amide bonds. The minimum Gasteiger partial charge on any atom is -0.496 e. The lowest BCUT2D eigenvalue weighted by molar-refractivity contribution is 0.101. The second kappa shape index (κ2) is 21.5. The molecule has 0 aliphatic heterocycles. The summed E-state index contributed by atoms with van der Waals surface area (Å²) in [6.45, 7) is 12.0. The van der Waals surface area contributed by atoms with Crippen molar-refractivity contribution in [2.45, 2.75) is 131 Å². The first-order valence-corrected chi connectivity index (χ1v) is 16.7. The summed E-state index contributed by atoms with van der Waals surface area (Å²) in [5.74, 6) is 2.00. The maximum Gasteiger partial charge on any atom is 0.163 e. The Kier molecular flexibility index (Phi) is 19.0. The molecule has 2 aromatic carbocycles. The van der Waals surface area contributed by atoms with Crippen molar-refractivity contribution in [3.8, 4) is 11.5 Å². The van der Waals surface area contributed by atoms with Crippen molar-refractivity contribution in [2.24, 2.45) is 21.6 Å². The van der Waals surface area contributed by atoms with Crippen molar-refractivity contribution in [2.75, 3.05) is 14.2 Å². The molecule has 46 heavy (non-hydrogen) atoms. The lowest BCUT2D eigenvalue weighted by Gasteiger charge is -2.25. The van der Waals surface area contributed by atoms with E-state index in [0.717, 1.165) is 48.5 Å². The topological polar surface area (TPSA) is 103 Å². The molecule has 0 heterocycles. The van der Waals surface area contributed by atoms with Gasteiger partial charge in [0.05, 0.1) is 37.4 Å². The standard InChI is InChI=1S/C19H28N2O.C12H14O3.C7H15N.CH4/c1-5-15-11-14(3)19(22-4)16(12-15)13-21-18-10-8-7-9-17(18)20-6-2;1-4-9-5-10(7-13)12(15-3)11(6-9)8(2)14;1-6-4-2-3-5-7(6)8;/h6,11-13,17-18H,5,7-10H2,1-4H3;5-7H,4H2,1-3H3;6-7H,2-5,8H2,1H3;1H4/t17-,18-;;;/m0.../s1. The van der Waals surface area contributed by atoms with Crippen LogP contribution in [0.1, 0.15) is 136 Å². The summed E-state index contributed by atoms with van der Waals surface area (Å²) in [5.41, 5.74) is 11.2. The number of aldehydes is 1. The molecule has 2 fully saturated rings. The van der Waals surface area contributed by atoms with E-state index in [-0.39, 0.29) is 13.2 Å². The summed E-state index contributed by atoms with van der Waals surface area (Å²) in [7, 11) is 3.19. The van der Waals surface area contributed by atoms with E-state index in [0.29, 0.717) is 41.3 Å². The molecular formula is C39H61N3O4. The SMILES string of the molecule is C.CC1CCCCC1N.CC=N[C@H]1CCCC[C@@H]1N=Cc1cc(CC)cc(C)c1OC.CCc1cc(C=O)c(OC)c(C(C)=O)c1. The van der Waals surface area contributed by atoms with E-state index in [2.05, 4.69) is 37.9 Å². The Labute approximate surface area is 279 Å². The maximum absolute atomic E-state index is 11.4. The number of aliphatic imine (C=N–C) groups is 2. The zero-order chi connectivity index (χ0) is 33.4. The van der Waals surface area contributed by atoms with Gasteiger partial charge < -0.3 is 15.2 Å². The number of Topliss-reactive ketones (excluding diaryl/α,β-unsaturated/α-hetero) is 1. The molecule has 4 rings (SSSR count). The summed E-state index contributed by atoms with van der Waals surface area (Å²) >= 11 is 0. The average Bonchev–Trinajstić information content (AvgIpc) is 3.05. The molecule has 7 heteroatoms. The Morgan fingerprint density at radius 1 is 0.870 bits per heavy atom. The van der Waals surface area contributed by atoms with Crippen molar-refractivity contribution in [1.82, 2.24) is 0 Å². The number of carbonyl (C=O) groups excluding carboxylic acids is 2. The van der Waals surface area contributed by atoms with E-state index in [9.17, 15) is 9.59 Å². The highest BCUT2D eigenvalue weighted by Crippen LogP contribution is 2.28. The van der Waals surface area contributed by atoms with Crippen LogP contribution in [0.3, 0.4) is 0 Å². The fraction of sp³-hybridized carbons (Fsp3) is 0.590. The van der Waals surface area contributed by atoms with Gasteiger partial charge >= 0.3 is 0 Å². The number of carbonyl (C=O) groups is 2. The van der Waals surface area contributed by atoms with Gasteiger partial charge in [-0.3, -0.25) is 19.6 Å². The third-order valence-electron chi connectivity index (χ3n) is 8.89. The molecule has 7 nitrogen and oxygen atoms in total. The fourth-order valence-corrected chi connectivity index (χ4v) is 6.10. The number of benzene rings is 2. The van der Waals surface area contributed by atoms with Gasteiger partial charge in [-0.1, -0.05) is 59.9 Å². The molecule has 4 atom stereocenters. The van der Waals surface area contributed by atoms with Gasteiger partial charge in [-0.25, -0.2) is 0 Å². The van der Waals surface area contributed by atoms with Crippen LogP contribution in [0.5, 0.6) is 11.5 Å². The Balaban J connectivity index is 0.000000380. The highest BCUT2D eigenvalue weighted by atomic mass is 16.5. The average molecular weight is 636 g/mol. The lowest BCUT2D eigenvalue weighted by Crippen LogP contribution is -2.30. The van der Waals surface area contributed by atoms with Crippen LogP contribution in [-0.4, -0.2) is 56.8 Å². The molecule has 0 bridgehead atoms. The highest BCUT2D eigenvalue weighted by molar-refractivity contribution is 6.00. The molecule has 0 saturated heterocycles. The molecule has 0 spiro atoms. The van der Waals surface area contributed by atoms with E-state index in [1.54, 1.807) is 19.2 Å². The zero-order valence-electron chi connectivity index (χ0n) is 29.0. The van der Waals surface area contributed by atoms with E-state index in [1.165, 1.54) is 63.7 Å². The number of rotatable bonds is 9. The quantitative estimate of drug-likeness (QED) is 0.168. The summed E-state index contributed by atoms with van der Waals surface area (Å²) in [5, 5.41) is 0. The van der Waals surface area contributed by atoms with Crippen LogP contribution in [0.2, 0.25) is 0 Å². The second-order valence-electron chi connectivity index (χ2n) is 12.2. The number of methoxy groups -OCH3 is 2. The number of hydrogen-bond acceptors (Lipinski definition) is 7. The van der Waals surface area contributed by atoms with E-state index >= 15 is 0 Å². The second-order valence-corrected chi connectivity index (χ2v) is 12.2. The monoisotopic (exact) mass is 635 g/mol. The molecule has 2 unspecified atom stereocenters. The molecule has 0 radical (unpaired) electrons. The van der Waals surface area contributed by atoms with Crippen LogP contribution in [0.25, 0.3) is 0 Å². The number of nitrogens with two attached hydrogens (primary N) is 1. The summed E-state index contributed by atoms with van der Waals surface area (Å²) in [6, 6.07) is 9.06. The molecule has 2 aliphatic carbocycles. The van der Waals surface area contributed by atoms with Gasteiger partial charge in [-0.15, -0.1) is 0 Å². The van der Waals surface area contributed by atoms with Crippen molar-refractivity contribution < 1.29 is 19.1 Å². The fourth-order valence-electron chi connectivity index (χ4n) is 6.10. The van der Waals surface area contributed by atoms with Crippen molar-refractivity contribution in [3.05, 3.63) is 57.6 Å². The first-order chi connectivity index (χ1) is 21.6. The van der Waals surface area contributed by atoms with E-state index < -0.39 is 0 Å². The Hall–Kier alpha value is -3.32. The normalized spacial score (nSPS) is 20.9. The molecule has 0 aromatic heterocycles. The first-order valence-electron chi connectivity index (χ1n) is 16.7. The zero-order valence-corrected chi connectivity index (χ0v) is 29.0. The number of ketones is 1. The number of hydrogen-bond donors (Lipinski definition) is 1. The molecule has 2 saturated carbocycles. The highest BCUT2D eigenvalue weighted by Gasteiger charge is 2.23. The summed E-state index contributed by atoms with van der Waals surface area (Å²) in [4.78, 5) is 31.7. The minimum atomic E-state index is -0.0924. The van der Waals surface area contributed by atoms with Crippen LogP contribution in [-0.2, 0) is 12.8 Å². The van der Waals surface area contributed by atoms with Gasteiger partial charge in [-0.05, 0) is 106 Å². The van der Waals surface area contributed by atoms with Gasteiger partial charge in [0.1, 0.15) is 11.5 Å². The van der Waals surface area contributed by atoms with Crippen LogP contribution in [0, 0.1) is 12.8 Å². The van der Waals surface area contributed by atoms with Gasteiger partial charge in [0, 0.05) is 17.8 Å². The van der Waals surface area contributed by atoms with Crippen LogP contribution >= 0.6 is 0 Å². The van der Waals surface area contributed by atoms with Crippen molar-refractivity contribution in [1.29, 1.82) is 0 Å². The molecule has 2 N–H and O–H groups in total. The first kappa shape index (κ1) is 40.7. The van der Waals surface area contributed by atoms with Gasteiger partial charge in [0.15, 0.2) is 12.1 Å². The largest absolute Gasteiger partial charge is 0.496 e. The molecular weight excluding hydrogens is 574 g/mol. The Bertz CT molecular complexity index is 1280. The summed E-state index contributed by atoms with van der Waals surface area (Å²) < 4.78 is 10.6. The lowest BCUT2D eigenvalue weighted by atomic mass is 9.87. The smallest absolute Gasteiger partial charge is 0.163 e. The number of nitrogens with zero attached hydrogens (tertiary/aromatic N) is 2. The van der Waals surface area contributed by atoms with Crippen molar-refractivity contribution in [3.63, 3.8) is 0 Å². The Morgan fingerprint density at radius 2 is 1.41 bits per heavy atom. The van der Waals surface area contributed by atoms with E-state index in [1.807, 2.05) is 26.3 Å². The maximum atomic E-state index is 11.4. The van der Waals surface area contributed by atoms with Crippen molar-refractivity contribution >= 4 is 24.5 Å². The van der Waals surface area contributed by atoms with Gasteiger partial charge in [-0.2, -0.15) is 0 Å². The van der Waals surface area contributed by atoms with Crippen LogP contribution in [0.15, 0.2) is 34.3 Å². The van der Waals surface area contributed by atoms with E-state index in [4.69, 9.17) is 20.2 Å². The van der Waals surface area contributed by atoms with Gasteiger partial charge in [0.2, 0.25) is 0 Å². The third-order valence-corrected chi connectivity index (χ3v) is 8.89. The molecule has 2 aromatic rings. The third kappa shape index (κ3) is 12.1. The minimum absolute atomic E-state index is 0. The Morgan fingerprint density at radius 3 is 1.89 bits per heavy atom. The molecule has 256 valence electrons. The van der Waals surface area contributed by atoms with Crippen LogP contribution < -0.4 is 15.2 Å². The number of aryl methyl sites for hydroxylation is 3. The molecule has 2 aliphatic rings.